The molecule has 1 aliphatic heterocycles. The fourth-order valence-electron chi connectivity index (χ4n) is 2.89. The normalized spacial score (nSPS) is 18.7. The van der Waals surface area contributed by atoms with Gasteiger partial charge in [-0.3, -0.25) is 9.59 Å². The molecule has 0 bridgehead atoms. The van der Waals surface area contributed by atoms with Crippen LogP contribution in [0.5, 0.6) is 0 Å². The summed E-state index contributed by atoms with van der Waals surface area (Å²) in [5, 5.41) is 6.50. The summed E-state index contributed by atoms with van der Waals surface area (Å²) in [6, 6.07) is 1.82. The molecule has 2 aliphatic rings. The Labute approximate surface area is 135 Å². The molecular formula is C16H23N3O4. The molecule has 1 saturated carbocycles. The second-order valence-corrected chi connectivity index (χ2v) is 6.23. The minimum Gasteiger partial charge on any atom is -0.381 e. The number of carbonyl (C=O) groups excluding carboxylic acids is 2. The van der Waals surface area contributed by atoms with Crippen LogP contribution >= 0.6 is 0 Å². The molecule has 23 heavy (non-hydrogen) atoms. The third-order valence-electron chi connectivity index (χ3n) is 4.34. The molecule has 0 radical (unpaired) electrons. The predicted octanol–water partition coefficient (Wildman–Crippen LogP) is 1.13. The Morgan fingerprint density at radius 3 is 2.65 bits per heavy atom. The van der Waals surface area contributed by atoms with Crippen LogP contribution in [-0.2, 0) is 9.53 Å². The summed E-state index contributed by atoms with van der Waals surface area (Å²) in [6.07, 6.45) is 3.72. The first-order chi connectivity index (χ1) is 11.1. The third kappa shape index (κ3) is 4.10. The summed E-state index contributed by atoms with van der Waals surface area (Å²) in [7, 11) is 0. The molecule has 2 fully saturated rings. The van der Waals surface area contributed by atoms with Gasteiger partial charge in [0.1, 0.15) is 5.76 Å². The van der Waals surface area contributed by atoms with E-state index in [2.05, 4.69) is 10.5 Å². The first-order valence-corrected chi connectivity index (χ1v) is 8.25. The second kappa shape index (κ2) is 7.12. The number of amides is 2. The standard InChI is InChI=1S/C16H23N3O4/c1-11-10-14(18-23-11)15(20)17-6-7-19(16(21)12-2-3-12)13-4-8-22-9-5-13/h10,12-13H,2-9H2,1H3,(H,17,20). The molecule has 0 atom stereocenters. The predicted molar refractivity (Wildman–Crippen MR) is 81.9 cm³/mol. The molecular weight excluding hydrogens is 298 g/mol. The first-order valence-electron chi connectivity index (χ1n) is 8.25. The molecule has 2 amide bonds. The number of aromatic nitrogens is 1. The Balaban J connectivity index is 1.53. The van der Waals surface area contributed by atoms with Crippen LogP contribution in [0.25, 0.3) is 0 Å². The lowest BCUT2D eigenvalue weighted by molar-refractivity contribution is -0.136. The largest absolute Gasteiger partial charge is 0.381 e. The number of aryl methyl sites for hydroxylation is 1. The van der Waals surface area contributed by atoms with Crippen molar-refractivity contribution in [2.24, 2.45) is 5.92 Å². The monoisotopic (exact) mass is 321 g/mol. The van der Waals surface area contributed by atoms with E-state index in [1.54, 1.807) is 13.0 Å². The molecule has 1 aromatic rings. The zero-order valence-corrected chi connectivity index (χ0v) is 13.4. The highest BCUT2D eigenvalue weighted by molar-refractivity contribution is 5.92. The van der Waals surface area contributed by atoms with Crippen LogP contribution in [0, 0.1) is 12.8 Å². The summed E-state index contributed by atoms with van der Waals surface area (Å²) in [4.78, 5) is 26.4. The average molecular weight is 321 g/mol. The number of carbonyl (C=O) groups is 2. The highest BCUT2D eigenvalue weighted by Gasteiger charge is 2.36. The molecule has 0 aromatic carbocycles. The quantitative estimate of drug-likeness (QED) is 0.849. The number of ether oxygens (including phenoxy) is 1. The summed E-state index contributed by atoms with van der Waals surface area (Å²) in [5.41, 5.74) is 0.272. The molecule has 1 saturated heterocycles. The molecule has 3 rings (SSSR count). The van der Waals surface area contributed by atoms with Gasteiger partial charge in [-0.25, -0.2) is 0 Å². The van der Waals surface area contributed by atoms with Crippen molar-refractivity contribution in [1.82, 2.24) is 15.4 Å². The number of hydrogen-bond acceptors (Lipinski definition) is 5. The van der Waals surface area contributed by atoms with E-state index in [0.717, 1.165) is 25.7 Å². The molecule has 1 aliphatic carbocycles. The van der Waals surface area contributed by atoms with Crippen molar-refractivity contribution in [2.45, 2.75) is 38.6 Å². The number of hydrogen-bond donors (Lipinski definition) is 1. The van der Waals surface area contributed by atoms with Gasteiger partial charge in [-0.15, -0.1) is 0 Å². The lowest BCUT2D eigenvalue weighted by atomic mass is 10.1. The summed E-state index contributed by atoms with van der Waals surface area (Å²) in [5.74, 6) is 0.741. The van der Waals surface area contributed by atoms with Crippen molar-refractivity contribution in [3.63, 3.8) is 0 Å². The molecule has 1 aromatic heterocycles. The van der Waals surface area contributed by atoms with Gasteiger partial charge in [0.15, 0.2) is 5.69 Å². The third-order valence-corrected chi connectivity index (χ3v) is 4.34. The fraction of sp³-hybridized carbons (Fsp3) is 0.688. The van der Waals surface area contributed by atoms with E-state index < -0.39 is 0 Å². The smallest absolute Gasteiger partial charge is 0.273 e. The SMILES string of the molecule is Cc1cc(C(=O)NCCN(C(=O)C2CC2)C2CCOCC2)no1. The van der Waals surface area contributed by atoms with Crippen LogP contribution in [0.2, 0.25) is 0 Å². The molecule has 7 nitrogen and oxygen atoms in total. The minimum absolute atomic E-state index is 0.187. The van der Waals surface area contributed by atoms with Crippen LogP contribution in [-0.4, -0.2) is 54.2 Å². The van der Waals surface area contributed by atoms with E-state index in [4.69, 9.17) is 9.26 Å². The van der Waals surface area contributed by atoms with Crippen LogP contribution in [0.1, 0.15) is 41.9 Å². The molecule has 2 heterocycles. The zero-order chi connectivity index (χ0) is 16.2. The van der Waals surface area contributed by atoms with Gasteiger partial charge in [-0.1, -0.05) is 5.16 Å². The van der Waals surface area contributed by atoms with Gasteiger partial charge in [0.25, 0.3) is 5.91 Å². The summed E-state index contributed by atoms with van der Waals surface area (Å²) in [6.45, 7) is 4.08. The summed E-state index contributed by atoms with van der Waals surface area (Å²) >= 11 is 0. The van der Waals surface area contributed by atoms with Gasteiger partial charge in [0.05, 0.1) is 0 Å². The van der Waals surface area contributed by atoms with E-state index in [9.17, 15) is 9.59 Å². The van der Waals surface area contributed by atoms with E-state index in [0.29, 0.717) is 32.1 Å². The van der Waals surface area contributed by atoms with Crippen molar-refractivity contribution in [3.05, 3.63) is 17.5 Å². The Morgan fingerprint density at radius 1 is 1.30 bits per heavy atom. The van der Waals surface area contributed by atoms with Gasteiger partial charge in [-0.2, -0.15) is 0 Å². The van der Waals surface area contributed by atoms with Gasteiger partial charge in [-0.05, 0) is 32.6 Å². The maximum atomic E-state index is 12.5. The molecule has 0 spiro atoms. The van der Waals surface area contributed by atoms with Crippen LogP contribution < -0.4 is 5.32 Å². The van der Waals surface area contributed by atoms with E-state index in [1.807, 2.05) is 4.90 Å². The van der Waals surface area contributed by atoms with E-state index >= 15 is 0 Å². The van der Waals surface area contributed by atoms with Crippen LogP contribution in [0.3, 0.4) is 0 Å². The average Bonchev–Trinajstić information content (AvgIpc) is 3.33. The number of rotatable bonds is 6. The zero-order valence-electron chi connectivity index (χ0n) is 13.4. The van der Waals surface area contributed by atoms with Crippen molar-refractivity contribution >= 4 is 11.8 Å². The molecule has 7 heteroatoms. The van der Waals surface area contributed by atoms with Crippen molar-refractivity contribution in [3.8, 4) is 0 Å². The van der Waals surface area contributed by atoms with Gasteiger partial charge < -0.3 is 19.5 Å². The Morgan fingerprint density at radius 2 is 2.04 bits per heavy atom. The van der Waals surface area contributed by atoms with Crippen LogP contribution in [0.15, 0.2) is 10.6 Å². The second-order valence-electron chi connectivity index (χ2n) is 6.23. The molecule has 0 unspecified atom stereocenters. The number of nitrogens with zero attached hydrogens (tertiary/aromatic N) is 2. The lowest BCUT2D eigenvalue weighted by Crippen LogP contribution is -2.47. The lowest BCUT2D eigenvalue weighted by Gasteiger charge is -2.34. The van der Waals surface area contributed by atoms with E-state index in [-0.39, 0.29) is 29.5 Å². The highest BCUT2D eigenvalue weighted by atomic mass is 16.5. The van der Waals surface area contributed by atoms with Gasteiger partial charge in [0.2, 0.25) is 5.91 Å². The highest BCUT2D eigenvalue weighted by Crippen LogP contribution is 2.32. The van der Waals surface area contributed by atoms with Crippen LogP contribution in [0.4, 0.5) is 0 Å². The number of nitrogens with one attached hydrogen (secondary N) is 1. The first kappa shape index (κ1) is 16.0. The Kier molecular flexibility index (Phi) is 4.95. The molecule has 1 N–H and O–H groups in total. The topological polar surface area (TPSA) is 84.7 Å². The Hall–Kier alpha value is -1.89. The summed E-state index contributed by atoms with van der Waals surface area (Å²) < 4.78 is 10.3. The van der Waals surface area contributed by atoms with Gasteiger partial charge in [0, 0.05) is 44.3 Å². The van der Waals surface area contributed by atoms with E-state index in [1.165, 1.54) is 0 Å². The van der Waals surface area contributed by atoms with Crippen molar-refractivity contribution in [2.75, 3.05) is 26.3 Å². The fourth-order valence-corrected chi connectivity index (χ4v) is 2.89. The van der Waals surface area contributed by atoms with Crippen molar-refractivity contribution in [1.29, 1.82) is 0 Å². The maximum absolute atomic E-state index is 12.5. The van der Waals surface area contributed by atoms with Gasteiger partial charge >= 0.3 is 0 Å². The van der Waals surface area contributed by atoms with Crippen molar-refractivity contribution < 1.29 is 18.8 Å². The minimum atomic E-state index is -0.271. The maximum Gasteiger partial charge on any atom is 0.273 e. The molecule has 126 valence electrons. The Bertz CT molecular complexity index is 561.